The molecule has 2 aliphatic heterocycles. The Hall–Kier alpha value is -3.00. The fourth-order valence-corrected chi connectivity index (χ4v) is 7.12. The largest absolute Gasteiger partial charge is 0.351 e. The van der Waals surface area contributed by atoms with Crippen LogP contribution >= 0.6 is 0 Å². The lowest BCUT2D eigenvalue weighted by Gasteiger charge is -2.39. The normalized spacial score (nSPS) is 26.2. The van der Waals surface area contributed by atoms with E-state index < -0.39 is 0 Å². The Morgan fingerprint density at radius 3 is 1.94 bits per heavy atom. The molecule has 0 radical (unpaired) electrons. The van der Waals surface area contributed by atoms with Crippen LogP contribution in [0.4, 0.5) is 5.69 Å². The molecular weight excluding hydrogens is 400 g/mol. The molecule has 0 aromatic heterocycles. The molecule has 3 aliphatic rings. The van der Waals surface area contributed by atoms with Gasteiger partial charge in [0.2, 0.25) is 0 Å². The number of para-hydroxylation sites is 1. The number of hydrogen-bond donors (Lipinski definition) is 0. The van der Waals surface area contributed by atoms with Gasteiger partial charge in [0.15, 0.2) is 0 Å². The van der Waals surface area contributed by atoms with Crippen molar-refractivity contribution < 1.29 is 0 Å². The maximum atomic E-state index is 2.78. The van der Waals surface area contributed by atoms with Crippen LogP contribution in [0, 0.1) is 12.8 Å². The highest BCUT2D eigenvalue weighted by Crippen LogP contribution is 2.53. The molecule has 2 nitrogen and oxygen atoms in total. The maximum absolute atomic E-state index is 2.78. The smallest absolute Gasteiger partial charge is 0.105 e. The van der Waals surface area contributed by atoms with Crippen molar-refractivity contribution in [2.45, 2.75) is 63.2 Å². The van der Waals surface area contributed by atoms with Crippen molar-refractivity contribution in [3.05, 3.63) is 114 Å². The van der Waals surface area contributed by atoms with Crippen molar-refractivity contribution in [1.29, 1.82) is 0 Å². The molecule has 0 N–H and O–H groups in total. The first-order valence-electron chi connectivity index (χ1n) is 12.6. The first-order valence-corrected chi connectivity index (χ1v) is 12.6. The molecule has 3 aromatic carbocycles. The Balaban J connectivity index is 1.54. The van der Waals surface area contributed by atoms with E-state index in [0.29, 0.717) is 24.2 Å². The monoisotopic (exact) mass is 434 g/mol. The molecule has 1 saturated heterocycles. The van der Waals surface area contributed by atoms with Gasteiger partial charge in [-0.15, -0.1) is 0 Å². The van der Waals surface area contributed by atoms with Crippen LogP contribution in [0.15, 0.2) is 97.2 Å². The van der Waals surface area contributed by atoms with Crippen LogP contribution in [0.1, 0.15) is 49.3 Å². The SMILES string of the molecule is Cc1ccccc1N1C(C2CCCC2)N2C=CC(c3ccccc3)(c3ccccc3)C2[C@@H]1C. The lowest BCUT2D eigenvalue weighted by Crippen LogP contribution is -2.47. The molecule has 0 bridgehead atoms. The molecule has 3 aromatic rings. The molecule has 2 unspecified atom stereocenters. The van der Waals surface area contributed by atoms with Crippen molar-refractivity contribution in [3.8, 4) is 0 Å². The first-order chi connectivity index (χ1) is 16.2. The summed E-state index contributed by atoms with van der Waals surface area (Å²) in [6.45, 7) is 4.74. The Bertz CT molecular complexity index is 1090. The van der Waals surface area contributed by atoms with E-state index in [-0.39, 0.29) is 5.41 Å². The van der Waals surface area contributed by atoms with Gasteiger partial charge < -0.3 is 9.80 Å². The number of nitrogens with zero attached hydrogens (tertiary/aromatic N) is 2. The molecule has 2 heterocycles. The van der Waals surface area contributed by atoms with E-state index >= 15 is 0 Å². The molecule has 0 amide bonds. The Kier molecular flexibility index (Phi) is 5.05. The van der Waals surface area contributed by atoms with E-state index in [4.69, 9.17) is 0 Å². The van der Waals surface area contributed by atoms with E-state index in [9.17, 15) is 0 Å². The summed E-state index contributed by atoms with van der Waals surface area (Å²) in [4.78, 5) is 5.52. The Labute approximate surface area is 198 Å². The van der Waals surface area contributed by atoms with E-state index in [1.54, 1.807) is 0 Å². The number of anilines is 1. The molecule has 2 fully saturated rings. The van der Waals surface area contributed by atoms with Gasteiger partial charge in [-0.2, -0.15) is 0 Å². The lowest BCUT2D eigenvalue weighted by atomic mass is 9.68. The van der Waals surface area contributed by atoms with Crippen LogP contribution < -0.4 is 4.90 Å². The molecule has 2 heteroatoms. The van der Waals surface area contributed by atoms with Crippen molar-refractivity contribution in [2.75, 3.05) is 4.90 Å². The van der Waals surface area contributed by atoms with Crippen molar-refractivity contribution in [3.63, 3.8) is 0 Å². The summed E-state index contributed by atoms with van der Waals surface area (Å²) in [7, 11) is 0. The summed E-state index contributed by atoms with van der Waals surface area (Å²) >= 11 is 0. The third kappa shape index (κ3) is 3.07. The standard InChI is InChI=1S/C31H34N2/c1-23-13-9-12-20-28(23)33-24(2)29-31(26-16-5-3-6-17-26,27-18-7-4-8-19-27)21-22-32(29)30(33)25-14-10-11-15-25/h3-9,12-13,16-22,24-25,29-30H,10-11,14-15H2,1-2H3/t24-,29?,30?/m0/s1. The maximum Gasteiger partial charge on any atom is 0.105 e. The van der Waals surface area contributed by atoms with E-state index in [1.807, 2.05) is 0 Å². The molecule has 33 heavy (non-hydrogen) atoms. The van der Waals surface area contributed by atoms with Gasteiger partial charge in [0.25, 0.3) is 0 Å². The predicted molar refractivity (Wildman–Crippen MR) is 137 cm³/mol. The molecule has 168 valence electrons. The van der Waals surface area contributed by atoms with Gasteiger partial charge in [0.1, 0.15) is 6.17 Å². The predicted octanol–water partition coefficient (Wildman–Crippen LogP) is 6.90. The van der Waals surface area contributed by atoms with Gasteiger partial charge in [-0.25, -0.2) is 0 Å². The number of benzene rings is 3. The van der Waals surface area contributed by atoms with Gasteiger partial charge in [0, 0.05) is 5.69 Å². The number of hydrogen-bond acceptors (Lipinski definition) is 2. The summed E-state index contributed by atoms with van der Waals surface area (Å²) < 4.78 is 0. The van der Waals surface area contributed by atoms with Gasteiger partial charge in [0.05, 0.1) is 17.5 Å². The van der Waals surface area contributed by atoms with Gasteiger partial charge in [-0.1, -0.05) is 97.8 Å². The molecule has 1 saturated carbocycles. The third-order valence-corrected chi connectivity index (χ3v) is 8.50. The quantitative estimate of drug-likeness (QED) is 0.440. The minimum Gasteiger partial charge on any atom is -0.351 e. The zero-order chi connectivity index (χ0) is 22.4. The average Bonchev–Trinajstić information content (AvgIpc) is 3.58. The second kappa shape index (κ2) is 8.09. The number of fused-ring (bicyclic) bond motifs is 1. The summed E-state index contributed by atoms with van der Waals surface area (Å²) in [5.41, 5.74) is 5.41. The second-order valence-electron chi connectivity index (χ2n) is 10.2. The minimum absolute atomic E-state index is 0.157. The molecular formula is C31H34N2. The summed E-state index contributed by atoms with van der Waals surface area (Å²) in [6, 6.07) is 32.1. The zero-order valence-corrected chi connectivity index (χ0v) is 19.8. The average molecular weight is 435 g/mol. The molecule has 6 rings (SSSR count). The first kappa shape index (κ1) is 20.6. The topological polar surface area (TPSA) is 6.48 Å². The second-order valence-corrected chi connectivity index (χ2v) is 10.2. The number of aryl methyl sites for hydroxylation is 1. The van der Waals surface area contributed by atoms with E-state index in [0.717, 1.165) is 0 Å². The number of rotatable bonds is 4. The summed E-state index contributed by atoms with van der Waals surface area (Å²) in [5.74, 6) is 0.712. The fourth-order valence-electron chi connectivity index (χ4n) is 7.12. The van der Waals surface area contributed by atoms with Crippen molar-refractivity contribution >= 4 is 5.69 Å². The summed E-state index contributed by atoms with van der Waals surface area (Å²) in [6.07, 6.45) is 10.8. The molecule has 1 aliphatic carbocycles. The van der Waals surface area contributed by atoms with E-state index in [1.165, 1.54) is 48.1 Å². The summed E-state index contributed by atoms with van der Waals surface area (Å²) in [5, 5.41) is 0. The van der Waals surface area contributed by atoms with Crippen molar-refractivity contribution in [2.24, 2.45) is 5.92 Å². The van der Waals surface area contributed by atoms with Crippen LogP contribution in [-0.2, 0) is 5.41 Å². The lowest BCUT2D eigenvalue weighted by molar-refractivity contribution is 0.202. The highest BCUT2D eigenvalue weighted by molar-refractivity contribution is 5.60. The van der Waals surface area contributed by atoms with Gasteiger partial charge in [-0.3, -0.25) is 0 Å². The van der Waals surface area contributed by atoms with Crippen LogP contribution in [-0.4, -0.2) is 23.1 Å². The Morgan fingerprint density at radius 2 is 1.33 bits per heavy atom. The highest BCUT2D eigenvalue weighted by Gasteiger charge is 2.58. The zero-order valence-electron chi connectivity index (χ0n) is 19.8. The minimum atomic E-state index is -0.157. The van der Waals surface area contributed by atoms with Crippen molar-refractivity contribution in [1.82, 2.24) is 4.90 Å². The molecule has 0 spiro atoms. The Morgan fingerprint density at radius 1 is 0.758 bits per heavy atom. The van der Waals surface area contributed by atoms with Crippen LogP contribution in [0.2, 0.25) is 0 Å². The van der Waals surface area contributed by atoms with E-state index in [2.05, 4.69) is 121 Å². The van der Waals surface area contributed by atoms with Crippen LogP contribution in [0.5, 0.6) is 0 Å². The highest BCUT2D eigenvalue weighted by atomic mass is 15.5. The van der Waals surface area contributed by atoms with Gasteiger partial charge in [-0.05, 0) is 61.6 Å². The van der Waals surface area contributed by atoms with Crippen LogP contribution in [0.3, 0.4) is 0 Å². The van der Waals surface area contributed by atoms with Crippen LogP contribution in [0.25, 0.3) is 0 Å². The van der Waals surface area contributed by atoms with Gasteiger partial charge >= 0.3 is 0 Å². The third-order valence-electron chi connectivity index (χ3n) is 8.50. The molecule has 3 atom stereocenters. The fraction of sp³-hybridized carbons (Fsp3) is 0.355.